The normalized spacial score (nSPS) is 58.9. The zero-order chi connectivity index (χ0) is 9.17. The average Bonchev–Trinajstić information content (AvgIpc) is 2.50. The number of fused-ring (bicyclic) bond motifs is 2. The summed E-state index contributed by atoms with van der Waals surface area (Å²) in [4.78, 5) is 0. The van der Waals surface area contributed by atoms with Gasteiger partial charge in [0.25, 0.3) is 0 Å². The van der Waals surface area contributed by atoms with E-state index in [0.29, 0.717) is 0 Å². The van der Waals surface area contributed by atoms with Crippen molar-refractivity contribution in [1.29, 1.82) is 0 Å². The largest absolute Gasteiger partial charge is 0.0882 e. The summed E-state index contributed by atoms with van der Waals surface area (Å²) >= 11 is 0. The van der Waals surface area contributed by atoms with Gasteiger partial charge in [-0.3, -0.25) is 0 Å². The lowest BCUT2D eigenvalue weighted by Crippen LogP contribution is -2.30. The Labute approximate surface area is 86.8 Å². The maximum absolute atomic E-state index is 2.50. The van der Waals surface area contributed by atoms with Crippen molar-refractivity contribution in [2.24, 2.45) is 29.1 Å². The van der Waals surface area contributed by atoms with Crippen LogP contribution in [0.15, 0.2) is 12.2 Å². The van der Waals surface area contributed by atoms with Crippen molar-refractivity contribution in [2.75, 3.05) is 0 Å². The minimum absolute atomic E-state index is 0.820. The highest BCUT2D eigenvalue weighted by atomic mass is 14.7. The zero-order valence-corrected chi connectivity index (χ0v) is 8.91. The molecule has 5 unspecified atom stereocenters. The number of rotatable bonds is 0. The fourth-order valence-corrected chi connectivity index (χ4v) is 5.64. The Kier molecular flexibility index (Phi) is 1.40. The molecule has 0 heteroatoms. The Balaban J connectivity index is 1.84. The molecule has 14 heavy (non-hydrogen) atoms. The van der Waals surface area contributed by atoms with Crippen LogP contribution in [0.3, 0.4) is 0 Å². The van der Waals surface area contributed by atoms with Gasteiger partial charge in [0.15, 0.2) is 0 Å². The highest BCUT2D eigenvalue weighted by Crippen LogP contribution is 2.71. The first kappa shape index (κ1) is 7.96. The zero-order valence-electron chi connectivity index (χ0n) is 8.91. The van der Waals surface area contributed by atoms with E-state index >= 15 is 0 Å². The molecule has 5 aliphatic carbocycles. The smallest absolute Gasteiger partial charge is 0.0198 e. The monoisotopic (exact) mass is 188 g/mol. The second-order valence-corrected chi connectivity index (χ2v) is 6.24. The van der Waals surface area contributed by atoms with Gasteiger partial charge in [0.05, 0.1) is 0 Å². The maximum atomic E-state index is 2.50. The first-order chi connectivity index (χ1) is 6.90. The molecular weight excluding hydrogens is 168 g/mol. The van der Waals surface area contributed by atoms with Crippen molar-refractivity contribution in [3.05, 3.63) is 12.2 Å². The van der Waals surface area contributed by atoms with Crippen molar-refractivity contribution in [3.8, 4) is 0 Å². The van der Waals surface area contributed by atoms with Gasteiger partial charge in [0.2, 0.25) is 0 Å². The van der Waals surface area contributed by atoms with Crippen LogP contribution in [0.4, 0.5) is 0 Å². The Morgan fingerprint density at radius 3 is 3.14 bits per heavy atom. The van der Waals surface area contributed by atoms with Crippen LogP contribution in [-0.4, -0.2) is 0 Å². The standard InChI is InChI=1S/C14H20/c1-2-7-14-9-10-4-3-5-11(14)8-12(10)13(14)6-1/h1-2,10-13H,3-9H2. The van der Waals surface area contributed by atoms with Crippen LogP contribution < -0.4 is 0 Å². The average molecular weight is 188 g/mol. The Bertz CT molecular complexity index is 290. The van der Waals surface area contributed by atoms with Crippen LogP contribution in [0.2, 0.25) is 0 Å². The van der Waals surface area contributed by atoms with Gasteiger partial charge in [0.1, 0.15) is 0 Å². The molecule has 0 aromatic heterocycles. The summed E-state index contributed by atoms with van der Waals surface area (Å²) in [6.45, 7) is 0. The van der Waals surface area contributed by atoms with Crippen LogP contribution >= 0.6 is 0 Å². The molecule has 0 aromatic rings. The fraction of sp³-hybridized carbons (Fsp3) is 0.857. The Morgan fingerprint density at radius 1 is 1.14 bits per heavy atom. The highest BCUT2D eigenvalue weighted by molar-refractivity contribution is 5.17. The first-order valence-corrected chi connectivity index (χ1v) is 6.55. The van der Waals surface area contributed by atoms with E-state index < -0.39 is 0 Å². The minimum Gasteiger partial charge on any atom is -0.0882 e. The maximum Gasteiger partial charge on any atom is -0.0198 e. The molecule has 1 spiro atoms. The van der Waals surface area contributed by atoms with Crippen LogP contribution in [0.25, 0.3) is 0 Å². The molecule has 0 nitrogen and oxygen atoms in total. The third-order valence-corrected chi connectivity index (χ3v) is 6.05. The van der Waals surface area contributed by atoms with E-state index in [0.717, 1.165) is 29.1 Å². The summed E-state index contributed by atoms with van der Waals surface area (Å²) in [6.07, 6.45) is 15.7. The van der Waals surface area contributed by atoms with Crippen LogP contribution in [-0.2, 0) is 0 Å². The van der Waals surface area contributed by atoms with E-state index in [-0.39, 0.29) is 0 Å². The van der Waals surface area contributed by atoms with Crippen LogP contribution in [0.5, 0.6) is 0 Å². The molecule has 4 bridgehead atoms. The molecule has 5 aliphatic rings. The third-order valence-electron chi connectivity index (χ3n) is 6.05. The van der Waals surface area contributed by atoms with Gasteiger partial charge >= 0.3 is 0 Å². The summed E-state index contributed by atoms with van der Waals surface area (Å²) in [5.41, 5.74) is 0.820. The second-order valence-electron chi connectivity index (χ2n) is 6.24. The Hall–Kier alpha value is -0.260. The lowest BCUT2D eigenvalue weighted by atomic mass is 9.66. The van der Waals surface area contributed by atoms with Gasteiger partial charge in [-0.2, -0.15) is 0 Å². The van der Waals surface area contributed by atoms with Crippen molar-refractivity contribution >= 4 is 0 Å². The molecule has 0 heterocycles. The molecule has 0 aromatic carbocycles. The molecule has 5 rings (SSSR count). The van der Waals surface area contributed by atoms with Crippen molar-refractivity contribution in [3.63, 3.8) is 0 Å². The van der Waals surface area contributed by atoms with Gasteiger partial charge in [-0.05, 0) is 61.2 Å². The van der Waals surface area contributed by atoms with Crippen LogP contribution in [0.1, 0.15) is 44.9 Å². The van der Waals surface area contributed by atoms with Crippen molar-refractivity contribution in [2.45, 2.75) is 44.9 Å². The summed E-state index contributed by atoms with van der Waals surface area (Å²) in [5.74, 6) is 4.52. The molecule has 0 radical (unpaired) electrons. The molecule has 4 saturated carbocycles. The van der Waals surface area contributed by atoms with E-state index in [1.165, 1.54) is 12.8 Å². The third kappa shape index (κ3) is 0.741. The molecule has 0 saturated heterocycles. The van der Waals surface area contributed by atoms with E-state index in [2.05, 4.69) is 12.2 Å². The highest BCUT2D eigenvalue weighted by Gasteiger charge is 2.62. The van der Waals surface area contributed by atoms with E-state index in [9.17, 15) is 0 Å². The van der Waals surface area contributed by atoms with Crippen LogP contribution in [0, 0.1) is 29.1 Å². The first-order valence-electron chi connectivity index (χ1n) is 6.55. The molecule has 4 fully saturated rings. The molecule has 0 amide bonds. The van der Waals surface area contributed by atoms with Gasteiger partial charge in [0, 0.05) is 0 Å². The summed E-state index contributed by atoms with van der Waals surface area (Å²) in [6, 6.07) is 0. The fourth-order valence-electron chi connectivity index (χ4n) is 5.64. The van der Waals surface area contributed by atoms with E-state index in [1.54, 1.807) is 32.1 Å². The van der Waals surface area contributed by atoms with E-state index in [4.69, 9.17) is 0 Å². The van der Waals surface area contributed by atoms with Gasteiger partial charge in [-0.1, -0.05) is 25.0 Å². The minimum atomic E-state index is 0.820. The second kappa shape index (κ2) is 2.46. The predicted molar refractivity (Wildman–Crippen MR) is 57.9 cm³/mol. The summed E-state index contributed by atoms with van der Waals surface area (Å²) in [5, 5.41) is 0. The van der Waals surface area contributed by atoms with Crippen molar-refractivity contribution in [1.82, 2.24) is 0 Å². The summed E-state index contributed by atoms with van der Waals surface area (Å²) < 4.78 is 0. The number of allylic oxidation sites excluding steroid dienone is 2. The number of hydrogen-bond acceptors (Lipinski definition) is 0. The predicted octanol–water partition coefficient (Wildman–Crippen LogP) is 3.78. The quantitative estimate of drug-likeness (QED) is 0.507. The number of hydrogen-bond donors (Lipinski definition) is 0. The SMILES string of the molecule is C1=CCC23CC4CCCC2CC4C3C1. The lowest BCUT2D eigenvalue weighted by molar-refractivity contribution is 0.132. The Morgan fingerprint density at radius 2 is 2.14 bits per heavy atom. The molecule has 76 valence electrons. The topological polar surface area (TPSA) is 0 Å². The van der Waals surface area contributed by atoms with Crippen molar-refractivity contribution < 1.29 is 0 Å². The molecule has 0 aliphatic heterocycles. The lowest BCUT2D eigenvalue weighted by Gasteiger charge is -2.39. The van der Waals surface area contributed by atoms with Gasteiger partial charge in [-0.25, -0.2) is 0 Å². The van der Waals surface area contributed by atoms with Gasteiger partial charge in [-0.15, -0.1) is 0 Å². The molecular formula is C14H20. The molecule has 0 N–H and O–H groups in total. The molecule has 5 atom stereocenters. The van der Waals surface area contributed by atoms with Gasteiger partial charge < -0.3 is 0 Å². The summed E-state index contributed by atoms with van der Waals surface area (Å²) in [7, 11) is 0. The van der Waals surface area contributed by atoms with E-state index in [1.807, 2.05) is 0 Å².